The van der Waals surface area contributed by atoms with E-state index in [1.165, 1.54) is 7.11 Å². The number of hydrogen-bond donors (Lipinski definition) is 7. The first-order chi connectivity index (χ1) is 11.3. The normalized spacial score (nSPS) is 50.0. The van der Waals surface area contributed by atoms with Gasteiger partial charge in [-0.05, 0) is 0 Å². The fraction of sp³-hybridized carbons (Fsp3) is 1.00. The summed E-state index contributed by atoms with van der Waals surface area (Å²) in [5.41, 5.74) is 0. The van der Waals surface area contributed by atoms with Crippen molar-refractivity contribution in [2.45, 2.75) is 61.4 Å². The van der Waals surface area contributed by atoms with E-state index in [1.807, 2.05) is 0 Å². The first kappa shape index (κ1) is 19.9. The Balaban J connectivity index is 2.11. The van der Waals surface area contributed by atoms with Crippen LogP contribution in [-0.2, 0) is 18.9 Å². The van der Waals surface area contributed by atoms with Gasteiger partial charge in [0.25, 0.3) is 0 Å². The van der Waals surface area contributed by atoms with E-state index < -0.39 is 68.0 Å². The summed E-state index contributed by atoms with van der Waals surface area (Å²) < 4.78 is 20.5. The summed E-state index contributed by atoms with van der Waals surface area (Å²) >= 11 is 0. The van der Waals surface area contributed by atoms with Crippen molar-refractivity contribution in [3.8, 4) is 0 Å². The van der Waals surface area contributed by atoms with Crippen LogP contribution in [-0.4, -0.2) is 117 Å². The molecule has 142 valence electrons. The van der Waals surface area contributed by atoms with Crippen LogP contribution in [0.4, 0.5) is 0 Å². The minimum Gasteiger partial charge on any atom is -0.394 e. The van der Waals surface area contributed by atoms with Crippen molar-refractivity contribution in [2.75, 3.05) is 20.3 Å². The molecule has 2 heterocycles. The molecule has 2 rings (SSSR count). The van der Waals surface area contributed by atoms with Crippen molar-refractivity contribution in [1.82, 2.24) is 0 Å². The zero-order valence-corrected chi connectivity index (χ0v) is 13.0. The highest BCUT2D eigenvalue weighted by Crippen LogP contribution is 2.28. The Hall–Kier alpha value is -0.440. The lowest BCUT2D eigenvalue weighted by atomic mass is 9.97. The van der Waals surface area contributed by atoms with Gasteiger partial charge in [-0.15, -0.1) is 0 Å². The molecule has 0 aromatic rings. The van der Waals surface area contributed by atoms with Crippen LogP contribution in [0.5, 0.6) is 0 Å². The third-order valence-corrected chi connectivity index (χ3v) is 4.13. The molecule has 0 aromatic carbocycles. The summed E-state index contributed by atoms with van der Waals surface area (Å²) in [4.78, 5) is 0. The van der Waals surface area contributed by atoms with Crippen molar-refractivity contribution in [3.05, 3.63) is 0 Å². The Morgan fingerprint density at radius 3 is 2.04 bits per heavy atom. The molecule has 0 radical (unpaired) electrons. The largest absolute Gasteiger partial charge is 0.394 e. The zero-order valence-electron chi connectivity index (χ0n) is 13.0. The first-order valence-corrected chi connectivity index (χ1v) is 7.46. The Labute approximate surface area is 137 Å². The summed E-state index contributed by atoms with van der Waals surface area (Å²) in [6, 6.07) is 0. The van der Waals surface area contributed by atoms with Gasteiger partial charge in [0.1, 0.15) is 48.8 Å². The van der Waals surface area contributed by atoms with Crippen molar-refractivity contribution in [3.63, 3.8) is 0 Å². The molecule has 0 saturated carbocycles. The van der Waals surface area contributed by atoms with Crippen LogP contribution in [0.15, 0.2) is 0 Å². The first-order valence-electron chi connectivity index (χ1n) is 7.46. The van der Waals surface area contributed by atoms with Gasteiger partial charge in [-0.2, -0.15) is 0 Å². The molecule has 24 heavy (non-hydrogen) atoms. The fourth-order valence-electron chi connectivity index (χ4n) is 2.72. The third-order valence-electron chi connectivity index (χ3n) is 4.13. The second-order valence-corrected chi connectivity index (χ2v) is 5.80. The molecular weight excluding hydrogens is 332 g/mol. The lowest BCUT2D eigenvalue weighted by Gasteiger charge is -2.45. The van der Waals surface area contributed by atoms with Crippen LogP contribution >= 0.6 is 0 Å². The summed E-state index contributed by atoms with van der Waals surface area (Å²) in [5.74, 6) is 0. The maximum atomic E-state index is 10.0. The van der Waals surface area contributed by atoms with E-state index in [0.29, 0.717) is 0 Å². The number of aliphatic hydroxyl groups excluding tert-OH is 7. The quantitative estimate of drug-likeness (QED) is 0.251. The van der Waals surface area contributed by atoms with E-state index in [9.17, 15) is 35.7 Å². The van der Waals surface area contributed by atoms with Gasteiger partial charge in [0, 0.05) is 7.11 Å². The van der Waals surface area contributed by atoms with Gasteiger partial charge in [-0.25, -0.2) is 0 Å². The average molecular weight is 356 g/mol. The Bertz CT molecular complexity index is 394. The number of ether oxygens (including phenoxy) is 4. The molecule has 7 N–H and O–H groups in total. The Kier molecular flexibility index (Phi) is 6.87. The van der Waals surface area contributed by atoms with E-state index in [1.54, 1.807) is 0 Å². The number of rotatable bonds is 5. The molecule has 11 nitrogen and oxygen atoms in total. The summed E-state index contributed by atoms with van der Waals surface area (Å²) in [6.45, 7) is -0.750. The lowest BCUT2D eigenvalue weighted by molar-refractivity contribution is -0.355. The molecule has 0 amide bonds. The van der Waals surface area contributed by atoms with Crippen LogP contribution in [0, 0.1) is 0 Å². The highest BCUT2D eigenvalue weighted by atomic mass is 16.7. The Morgan fingerprint density at radius 1 is 0.792 bits per heavy atom. The van der Waals surface area contributed by atoms with Crippen molar-refractivity contribution in [2.24, 2.45) is 0 Å². The van der Waals surface area contributed by atoms with E-state index in [0.717, 1.165) is 0 Å². The predicted molar refractivity (Wildman–Crippen MR) is 73.4 cm³/mol. The van der Waals surface area contributed by atoms with Gasteiger partial charge < -0.3 is 54.7 Å². The SMILES string of the molecule is COC[C@H]1O[C@H](O[C@H]2[C@H](O)[C@@H](O)[C@H](O)O[C@@H]2CO)[C@H](O)[C@@H](O)[C@@H]1O. The highest BCUT2D eigenvalue weighted by Gasteiger charge is 2.50. The van der Waals surface area contributed by atoms with Crippen LogP contribution in [0.2, 0.25) is 0 Å². The molecule has 2 aliphatic rings. The zero-order chi connectivity index (χ0) is 18.0. The second-order valence-electron chi connectivity index (χ2n) is 5.80. The number of methoxy groups -OCH3 is 1. The molecule has 2 saturated heterocycles. The fourth-order valence-corrected chi connectivity index (χ4v) is 2.72. The van der Waals surface area contributed by atoms with Gasteiger partial charge >= 0.3 is 0 Å². The predicted octanol–water partition coefficient (Wildman–Crippen LogP) is -4.74. The van der Waals surface area contributed by atoms with E-state index in [2.05, 4.69) is 0 Å². The molecule has 0 aliphatic carbocycles. The molecule has 2 aliphatic heterocycles. The summed E-state index contributed by atoms with van der Waals surface area (Å²) in [7, 11) is 1.35. The number of aliphatic hydroxyl groups is 7. The lowest BCUT2D eigenvalue weighted by Crippen LogP contribution is -2.64. The topological polar surface area (TPSA) is 179 Å². The van der Waals surface area contributed by atoms with E-state index in [4.69, 9.17) is 18.9 Å². The van der Waals surface area contributed by atoms with Gasteiger partial charge in [0.15, 0.2) is 12.6 Å². The van der Waals surface area contributed by atoms with Crippen LogP contribution < -0.4 is 0 Å². The monoisotopic (exact) mass is 356 g/mol. The smallest absolute Gasteiger partial charge is 0.187 e. The Morgan fingerprint density at radius 2 is 1.46 bits per heavy atom. The van der Waals surface area contributed by atoms with Crippen LogP contribution in [0.25, 0.3) is 0 Å². The van der Waals surface area contributed by atoms with E-state index in [-0.39, 0.29) is 6.61 Å². The van der Waals surface area contributed by atoms with Crippen LogP contribution in [0.1, 0.15) is 0 Å². The molecule has 0 bridgehead atoms. The molecule has 0 spiro atoms. The average Bonchev–Trinajstić information content (AvgIpc) is 2.57. The maximum absolute atomic E-state index is 10.0. The standard InChI is InChI=1S/C13H24O11/c1-21-3-5-6(15)7(16)10(19)13(23-5)24-11-4(2-14)22-12(20)9(18)8(11)17/h4-20H,2-3H2,1H3/t4-,5-,6-,7+,8-,9-,10-,11-,12-,13-/m1/s1. The van der Waals surface area contributed by atoms with Gasteiger partial charge in [0.2, 0.25) is 0 Å². The second kappa shape index (κ2) is 8.29. The minimum absolute atomic E-state index is 0.0979. The minimum atomic E-state index is -1.72. The number of hydrogen-bond acceptors (Lipinski definition) is 11. The van der Waals surface area contributed by atoms with Crippen molar-refractivity contribution >= 4 is 0 Å². The van der Waals surface area contributed by atoms with Crippen molar-refractivity contribution in [1.29, 1.82) is 0 Å². The van der Waals surface area contributed by atoms with E-state index >= 15 is 0 Å². The van der Waals surface area contributed by atoms with Gasteiger partial charge in [-0.3, -0.25) is 0 Å². The highest BCUT2D eigenvalue weighted by molar-refractivity contribution is 4.93. The van der Waals surface area contributed by atoms with Gasteiger partial charge in [-0.1, -0.05) is 0 Å². The summed E-state index contributed by atoms with van der Waals surface area (Å²) in [6.07, 6.45) is -14.8. The molecule has 10 atom stereocenters. The van der Waals surface area contributed by atoms with Gasteiger partial charge in [0.05, 0.1) is 13.2 Å². The summed E-state index contributed by atoms with van der Waals surface area (Å²) in [5, 5.41) is 68.1. The maximum Gasteiger partial charge on any atom is 0.187 e. The third kappa shape index (κ3) is 3.86. The van der Waals surface area contributed by atoms with Crippen molar-refractivity contribution < 1.29 is 54.7 Å². The molecule has 11 heteroatoms. The molecule has 0 unspecified atom stereocenters. The molecular formula is C13H24O11. The molecule has 2 fully saturated rings. The van der Waals surface area contributed by atoms with Crippen LogP contribution in [0.3, 0.4) is 0 Å². The molecule has 0 aromatic heterocycles.